The second-order valence-corrected chi connectivity index (χ2v) is 8.69. The van der Waals surface area contributed by atoms with Crippen LogP contribution in [0.2, 0.25) is 5.02 Å². The number of benzene rings is 3. The van der Waals surface area contributed by atoms with Crippen molar-refractivity contribution in [2.75, 3.05) is 18.3 Å². The summed E-state index contributed by atoms with van der Waals surface area (Å²) in [7, 11) is -1.69. The van der Waals surface area contributed by atoms with Crippen LogP contribution in [0.25, 0.3) is 10.8 Å². The van der Waals surface area contributed by atoms with Gasteiger partial charge in [-0.3, -0.25) is 4.72 Å². The van der Waals surface area contributed by atoms with Crippen LogP contribution in [0, 0.1) is 0 Å². The molecule has 1 aliphatic rings. The molecule has 1 N–H and O–H groups in total. The Morgan fingerprint density at radius 3 is 2.58 bits per heavy atom. The molecule has 4 nitrogen and oxygen atoms in total. The van der Waals surface area contributed by atoms with Gasteiger partial charge in [0.1, 0.15) is 0 Å². The van der Waals surface area contributed by atoms with Crippen molar-refractivity contribution >= 4 is 38.1 Å². The van der Waals surface area contributed by atoms with Crippen molar-refractivity contribution in [1.82, 2.24) is 4.90 Å². The SMILES string of the molecule is CN1CCc2cccc(NS(=O)(=O)c3ccc(Cl)c4ccccc34)c2C1. The Balaban J connectivity index is 1.80. The third kappa shape index (κ3) is 3.07. The van der Waals surface area contributed by atoms with Crippen molar-refractivity contribution < 1.29 is 8.42 Å². The summed E-state index contributed by atoms with van der Waals surface area (Å²) >= 11 is 6.23. The summed E-state index contributed by atoms with van der Waals surface area (Å²) in [4.78, 5) is 2.43. The maximum atomic E-state index is 13.1. The van der Waals surface area contributed by atoms with Gasteiger partial charge in [0.25, 0.3) is 10.0 Å². The number of fused-ring (bicyclic) bond motifs is 2. The molecule has 3 aromatic rings. The molecule has 0 unspecified atom stereocenters. The summed E-state index contributed by atoms with van der Waals surface area (Å²) in [6.07, 6.45) is 0.922. The Hall–Kier alpha value is -2.08. The molecule has 0 aromatic heterocycles. The fourth-order valence-electron chi connectivity index (χ4n) is 3.48. The molecule has 26 heavy (non-hydrogen) atoms. The van der Waals surface area contributed by atoms with Gasteiger partial charge in [-0.05, 0) is 42.8 Å². The van der Waals surface area contributed by atoms with Crippen LogP contribution in [-0.4, -0.2) is 26.9 Å². The van der Waals surface area contributed by atoms with E-state index in [1.807, 2.05) is 37.4 Å². The molecule has 6 heteroatoms. The van der Waals surface area contributed by atoms with E-state index in [1.54, 1.807) is 18.2 Å². The minimum Gasteiger partial charge on any atom is -0.302 e. The van der Waals surface area contributed by atoms with Gasteiger partial charge in [-0.2, -0.15) is 0 Å². The predicted molar refractivity (Wildman–Crippen MR) is 106 cm³/mol. The minimum absolute atomic E-state index is 0.235. The maximum absolute atomic E-state index is 13.1. The second kappa shape index (κ2) is 6.58. The zero-order chi connectivity index (χ0) is 18.3. The van der Waals surface area contributed by atoms with Gasteiger partial charge in [-0.15, -0.1) is 0 Å². The lowest BCUT2D eigenvalue weighted by Gasteiger charge is -2.27. The average molecular weight is 387 g/mol. The van der Waals surface area contributed by atoms with E-state index in [9.17, 15) is 8.42 Å². The molecule has 0 aliphatic carbocycles. The largest absolute Gasteiger partial charge is 0.302 e. The van der Waals surface area contributed by atoms with Gasteiger partial charge >= 0.3 is 0 Å². The van der Waals surface area contributed by atoms with Crippen molar-refractivity contribution in [3.63, 3.8) is 0 Å². The number of anilines is 1. The summed E-state index contributed by atoms with van der Waals surface area (Å²) < 4.78 is 29.1. The molecule has 0 bridgehead atoms. The van der Waals surface area contributed by atoms with Crippen molar-refractivity contribution in [2.45, 2.75) is 17.9 Å². The average Bonchev–Trinajstić information content (AvgIpc) is 2.62. The molecule has 0 amide bonds. The Morgan fingerprint density at radius 2 is 1.77 bits per heavy atom. The van der Waals surface area contributed by atoms with Crippen LogP contribution in [-0.2, 0) is 23.0 Å². The Kier molecular flexibility index (Phi) is 4.39. The standard InChI is InChI=1S/C20H19ClN2O2S/c1-23-12-11-14-5-4-8-19(17(14)13-23)22-26(24,25)20-10-9-18(21)15-6-2-3-7-16(15)20/h2-10,22H,11-13H2,1H3. The Morgan fingerprint density at radius 1 is 1.00 bits per heavy atom. The van der Waals surface area contributed by atoms with E-state index in [4.69, 9.17) is 11.6 Å². The highest BCUT2D eigenvalue weighted by molar-refractivity contribution is 7.93. The first-order chi connectivity index (χ1) is 12.5. The Bertz CT molecular complexity index is 1100. The molecule has 4 rings (SSSR count). The Labute approximate surface area is 158 Å². The molecule has 3 aromatic carbocycles. The van der Waals surface area contributed by atoms with Gasteiger partial charge < -0.3 is 4.90 Å². The first kappa shape index (κ1) is 17.3. The number of nitrogens with zero attached hydrogens (tertiary/aromatic N) is 1. The topological polar surface area (TPSA) is 49.4 Å². The molecule has 0 fully saturated rings. The highest BCUT2D eigenvalue weighted by Gasteiger charge is 2.22. The van der Waals surface area contributed by atoms with Crippen LogP contribution in [0.5, 0.6) is 0 Å². The summed E-state index contributed by atoms with van der Waals surface area (Å²) in [6, 6.07) is 16.3. The second-order valence-electron chi connectivity index (χ2n) is 6.63. The van der Waals surface area contributed by atoms with Crippen LogP contribution in [0.1, 0.15) is 11.1 Å². The van der Waals surface area contributed by atoms with E-state index < -0.39 is 10.0 Å². The lowest BCUT2D eigenvalue weighted by molar-refractivity contribution is 0.313. The van der Waals surface area contributed by atoms with Gasteiger partial charge in [0.2, 0.25) is 0 Å². The van der Waals surface area contributed by atoms with Gasteiger partial charge in [-0.25, -0.2) is 8.42 Å². The molecule has 0 radical (unpaired) electrons. The van der Waals surface area contributed by atoms with Gasteiger partial charge in [-0.1, -0.05) is 48.0 Å². The fraction of sp³-hybridized carbons (Fsp3) is 0.200. The normalized spacial score (nSPS) is 15.0. The molecule has 0 saturated carbocycles. The maximum Gasteiger partial charge on any atom is 0.262 e. The summed E-state index contributed by atoms with van der Waals surface area (Å²) in [5.74, 6) is 0. The molecule has 1 heterocycles. The van der Waals surface area contributed by atoms with Crippen LogP contribution in [0.4, 0.5) is 5.69 Å². The first-order valence-electron chi connectivity index (χ1n) is 8.45. The fourth-order valence-corrected chi connectivity index (χ4v) is 5.01. The number of sulfonamides is 1. The highest BCUT2D eigenvalue weighted by Crippen LogP contribution is 2.32. The number of likely N-dealkylation sites (N-methyl/N-ethyl adjacent to an activating group) is 1. The van der Waals surface area contributed by atoms with E-state index in [2.05, 4.69) is 15.7 Å². The van der Waals surface area contributed by atoms with Crippen molar-refractivity contribution in [3.8, 4) is 0 Å². The third-order valence-electron chi connectivity index (χ3n) is 4.83. The van der Waals surface area contributed by atoms with Crippen molar-refractivity contribution in [1.29, 1.82) is 0 Å². The first-order valence-corrected chi connectivity index (χ1v) is 10.3. The minimum atomic E-state index is -3.73. The monoisotopic (exact) mass is 386 g/mol. The van der Waals surface area contributed by atoms with Crippen LogP contribution >= 0.6 is 11.6 Å². The molecule has 1 aliphatic heterocycles. The van der Waals surface area contributed by atoms with E-state index in [0.29, 0.717) is 16.1 Å². The predicted octanol–water partition coefficient (Wildman–Crippen LogP) is 4.28. The van der Waals surface area contributed by atoms with Gasteiger partial charge in [0, 0.05) is 28.9 Å². The van der Waals surface area contributed by atoms with E-state index in [-0.39, 0.29) is 4.90 Å². The number of hydrogen-bond acceptors (Lipinski definition) is 3. The van der Waals surface area contributed by atoms with Crippen LogP contribution < -0.4 is 4.72 Å². The van der Waals surface area contributed by atoms with Crippen LogP contribution in [0.3, 0.4) is 0 Å². The van der Waals surface area contributed by atoms with E-state index >= 15 is 0 Å². The zero-order valence-corrected chi connectivity index (χ0v) is 15.9. The number of hydrogen-bond donors (Lipinski definition) is 1. The number of rotatable bonds is 3. The van der Waals surface area contributed by atoms with Gasteiger partial charge in [0.05, 0.1) is 10.6 Å². The van der Waals surface area contributed by atoms with E-state index in [0.717, 1.165) is 30.5 Å². The third-order valence-corrected chi connectivity index (χ3v) is 6.58. The lowest BCUT2D eigenvalue weighted by Crippen LogP contribution is -2.28. The van der Waals surface area contributed by atoms with Crippen LogP contribution in [0.15, 0.2) is 59.5 Å². The molecule has 134 valence electrons. The van der Waals surface area contributed by atoms with Gasteiger partial charge in [0.15, 0.2) is 0 Å². The van der Waals surface area contributed by atoms with Crippen molar-refractivity contribution in [2.24, 2.45) is 0 Å². The lowest BCUT2D eigenvalue weighted by atomic mass is 9.99. The number of nitrogens with one attached hydrogen (secondary N) is 1. The smallest absolute Gasteiger partial charge is 0.262 e. The molecule has 0 atom stereocenters. The molecular weight excluding hydrogens is 368 g/mol. The molecular formula is C20H19ClN2O2S. The number of halogens is 1. The highest BCUT2D eigenvalue weighted by atomic mass is 35.5. The van der Waals surface area contributed by atoms with E-state index in [1.165, 1.54) is 5.56 Å². The summed E-state index contributed by atoms with van der Waals surface area (Å²) in [6.45, 7) is 1.71. The zero-order valence-electron chi connectivity index (χ0n) is 14.4. The molecule has 0 saturated heterocycles. The summed E-state index contributed by atoms with van der Waals surface area (Å²) in [5, 5.41) is 1.89. The summed E-state index contributed by atoms with van der Waals surface area (Å²) in [5.41, 5.74) is 2.89. The quantitative estimate of drug-likeness (QED) is 0.730. The van der Waals surface area contributed by atoms with Crippen molar-refractivity contribution in [3.05, 3.63) is 70.7 Å². The molecule has 0 spiro atoms.